The van der Waals surface area contributed by atoms with Crippen molar-refractivity contribution < 1.29 is 9.53 Å². The number of nitrogens with zero attached hydrogens (tertiary/aromatic N) is 2. The summed E-state index contributed by atoms with van der Waals surface area (Å²) in [4.78, 5) is 18.0. The van der Waals surface area contributed by atoms with Gasteiger partial charge in [-0.2, -0.15) is 0 Å². The Labute approximate surface area is 98.2 Å². The van der Waals surface area contributed by atoms with Crippen LogP contribution in [0.15, 0.2) is 12.1 Å². The third kappa shape index (κ3) is 1.49. The lowest BCUT2D eigenvalue weighted by molar-refractivity contribution is 0.0675. The maximum absolute atomic E-state index is 12.1. The van der Waals surface area contributed by atoms with Gasteiger partial charge in [0, 0.05) is 18.7 Å². The molecule has 0 aliphatic carbocycles. The third-order valence-corrected chi connectivity index (χ3v) is 3.31. The van der Waals surface area contributed by atoms with Gasteiger partial charge in [0.2, 0.25) is 0 Å². The first-order valence-electron chi connectivity index (χ1n) is 5.30. The first kappa shape index (κ1) is 10.1. The standard InChI is InChI=1S/C11H11ClN2O2/c12-9-2-1-7-5-14(8-3-4-16-6-8)11(15)10(7)13-9/h1-2,8H,3-6H2. The molecule has 0 bridgehead atoms. The lowest BCUT2D eigenvalue weighted by Crippen LogP contribution is -2.35. The Hall–Kier alpha value is -1.13. The quantitative estimate of drug-likeness (QED) is 0.696. The van der Waals surface area contributed by atoms with Gasteiger partial charge in [-0.25, -0.2) is 4.98 Å². The van der Waals surface area contributed by atoms with Gasteiger partial charge in [-0.05, 0) is 12.5 Å². The summed E-state index contributed by atoms with van der Waals surface area (Å²) in [7, 11) is 0. The number of carbonyl (C=O) groups excluding carboxylic acids is 1. The minimum Gasteiger partial charge on any atom is -0.379 e. The zero-order valence-electron chi connectivity index (χ0n) is 8.65. The lowest BCUT2D eigenvalue weighted by Gasteiger charge is -2.21. The van der Waals surface area contributed by atoms with Crippen LogP contribution in [0.2, 0.25) is 5.15 Å². The molecule has 84 valence electrons. The van der Waals surface area contributed by atoms with E-state index in [9.17, 15) is 4.79 Å². The zero-order chi connectivity index (χ0) is 11.1. The number of hydrogen-bond acceptors (Lipinski definition) is 3. The Kier molecular flexibility index (Phi) is 2.33. The molecule has 0 aromatic carbocycles. The van der Waals surface area contributed by atoms with Gasteiger partial charge in [-0.3, -0.25) is 4.79 Å². The molecule has 3 heterocycles. The topological polar surface area (TPSA) is 42.4 Å². The van der Waals surface area contributed by atoms with Crippen molar-refractivity contribution in [3.05, 3.63) is 28.5 Å². The fraction of sp³-hybridized carbons (Fsp3) is 0.455. The molecule has 0 spiro atoms. The van der Waals surface area contributed by atoms with Crippen molar-refractivity contribution >= 4 is 17.5 Å². The number of hydrogen-bond donors (Lipinski definition) is 0. The maximum Gasteiger partial charge on any atom is 0.273 e. The summed E-state index contributed by atoms with van der Waals surface area (Å²) in [5, 5.41) is 0.372. The molecule has 1 unspecified atom stereocenters. The number of carbonyl (C=O) groups is 1. The van der Waals surface area contributed by atoms with Gasteiger partial charge in [0.1, 0.15) is 10.8 Å². The normalized spacial score (nSPS) is 23.9. The SMILES string of the molecule is O=C1c2nc(Cl)ccc2CN1C1CCOC1. The lowest BCUT2D eigenvalue weighted by atomic mass is 10.2. The molecular formula is C11H11ClN2O2. The van der Waals surface area contributed by atoms with E-state index >= 15 is 0 Å². The van der Waals surface area contributed by atoms with Gasteiger partial charge in [-0.15, -0.1) is 0 Å². The van der Waals surface area contributed by atoms with Gasteiger partial charge in [-0.1, -0.05) is 17.7 Å². The average molecular weight is 239 g/mol. The summed E-state index contributed by atoms with van der Waals surface area (Å²) < 4.78 is 5.30. The Morgan fingerprint density at radius 2 is 2.38 bits per heavy atom. The molecule has 0 saturated carbocycles. The molecular weight excluding hydrogens is 228 g/mol. The van der Waals surface area contributed by atoms with Gasteiger partial charge >= 0.3 is 0 Å². The van der Waals surface area contributed by atoms with Crippen LogP contribution in [0.3, 0.4) is 0 Å². The largest absolute Gasteiger partial charge is 0.379 e. The van der Waals surface area contributed by atoms with Gasteiger partial charge in [0.15, 0.2) is 0 Å². The molecule has 0 N–H and O–H groups in total. The van der Waals surface area contributed by atoms with Gasteiger partial charge in [0.05, 0.1) is 12.6 Å². The molecule has 2 aliphatic rings. The van der Waals surface area contributed by atoms with Crippen LogP contribution in [0.5, 0.6) is 0 Å². The number of ether oxygens (including phenoxy) is 1. The Bertz CT molecular complexity index is 444. The van der Waals surface area contributed by atoms with Crippen LogP contribution in [0.25, 0.3) is 0 Å². The van der Waals surface area contributed by atoms with Crippen LogP contribution in [0, 0.1) is 0 Å². The predicted molar refractivity (Wildman–Crippen MR) is 58.3 cm³/mol. The molecule has 5 heteroatoms. The third-order valence-electron chi connectivity index (χ3n) is 3.10. The second-order valence-electron chi connectivity index (χ2n) is 4.09. The van der Waals surface area contributed by atoms with Crippen LogP contribution >= 0.6 is 11.6 Å². The minimum absolute atomic E-state index is 0.0204. The predicted octanol–water partition coefficient (Wildman–Crippen LogP) is 1.48. The first-order valence-corrected chi connectivity index (χ1v) is 5.67. The minimum atomic E-state index is -0.0204. The number of fused-ring (bicyclic) bond motifs is 1. The smallest absolute Gasteiger partial charge is 0.273 e. The molecule has 1 aromatic rings. The van der Waals surface area contributed by atoms with Crippen molar-refractivity contribution in [3.8, 4) is 0 Å². The number of halogens is 1. The highest BCUT2D eigenvalue weighted by atomic mass is 35.5. The van der Waals surface area contributed by atoms with E-state index in [1.165, 1.54) is 0 Å². The molecule has 1 amide bonds. The number of rotatable bonds is 1. The van der Waals surface area contributed by atoms with Crippen LogP contribution in [-0.4, -0.2) is 35.0 Å². The van der Waals surface area contributed by atoms with E-state index in [1.807, 2.05) is 11.0 Å². The summed E-state index contributed by atoms with van der Waals surface area (Å²) in [5.74, 6) is -0.0204. The molecule has 1 fully saturated rings. The molecule has 16 heavy (non-hydrogen) atoms. The maximum atomic E-state index is 12.1. The Morgan fingerprint density at radius 1 is 1.50 bits per heavy atom. The van der Waals surface area contributed by atoms with E-state index in [0.29, 0.717) is 24.0 Å². The summed E-state index contributed by atoms with van der Waals surface area (Å²) in [6, 6.07) is 3.79. The molecule has 2 aliphatic heterocycles. The van der Waals surface area contributed by atoms with Crippen LogP contribution < -0.4 is 0 Å². The van der Waals surface area contributed by atoms with Crippen molar-refractivity contribution in [2.75, 3.05) is 13.2 Å². The number of aromatic nitrogens is 1. The van der Waals surface area contributed by atoms with Crippen LogP contribution in [0.4, 0.5) is 0 Å². The van der Waals surface area contributed by atoms with E-state index in [2.05, 4.69) is 4.98 Å². The summed E-state index contributed by atoms with van der Waals surface area (Å²) >= 11 is 5.79. The average Bonchev–Trinajstić information content (AvgIpc) is 2.87. The molecule has 1 aromatic heterocycles. The van der Waals surface area contributed by atoms with Crippen molar-refractivity contribution in [1.29, 1.82) is 0 Å². The zero-order valence-corrected chi connectivity index (χ0v) is 9.41. The fourth-order valence-corrected chi connectivity index (χ4v) is 2.38. The highest BCUT2D eigenvalue weighted by Crippen LogP contribution is 2.27. The second-order valence-corrected chi connectivity index (χ2v) is 4.48. The highest BCUT2D eigenvalue weighted by molar-refractivity contribution is 6.29. The van der Waals surface area contributed by atoms with Crippen molar-refractivity contribution in [2.24, 2.45) is 0 Å². The summed E-state index contributed by atoms with van der Waals surface area (Å²) in [6.07, 6.45) is 0.910. The fourth-order valence-electron chi connectivity index (χ4n) is 2.23. The number of amides is 1. The van der Waals surface area contributed by atoms with Crippen molar-refractivity contribution in [2.45, 2.75) is 19.0 Å². The van der Waals surface area contributed by atoms with Crippen LogP contribution in [-0.2, 0) is 11.3 Å². The van der Waals surface area contributed by atoms with Crippen LogP contribution in [0.1, 0.15) is 22.5 Å². The summed E-state index contributed by atoms with van der Waals surface area (Å²) in [5.41, 5.74) is 1.46. The number of pyridine rings is 1. The summed E-state index contributed by atoms with van der Waals surface area (Å²) in [6.45, 7) is 2.00. The van der Waals surface area contributed by atoms with E-state index < -0.39 is 0 Å². The van der Waals surface area contributed by atoms with Crippen molar-refractivity contribution in [1.82, 2.24) is 9.88 Å². The van der Waals surface area contributed by atoms with Crippen molar-refractivity contribution in [3.63, 3.8) is 0 Å². The molecule has 0 radical (unpaired) electrons. The second kappa shape index (κ2) is 3.71. The Balaban J connectivity index is 1.91. The van der Waals surface area contributed by atoms with E-state index in [-0.39, 0.29) is 11.9 Å². The Morgan fingerprint density at radius 3 is 3.12 bits per heavy atom. The highest BCUT2D eigenvalue weighted by Gasteiger charge is 2.35. The first-order chi connectivity index (χ1) is 7.75. The molecule has 3 rings (SSSR count). The van der Waals surface area contributed by atoms with Gasteiger partial charge in [0.25, 0.3) is 5.91 Å². The molecule has 1 saturated heterocycles. The molecule has 1 atom stereocenters. The van der Waals surface area contributed by atoms with E-state index in [4.69, 9.17) is 16.3 Å². The van der Waals surface area contributed by atoms with E-state index in [0.717, 1.165) is 18.6 Å². The van der Waals surface area contributed by atoms with E-state index in [1.54, 1.807) is 6.07 Å². The van der Waals surface area contributed by atoms with Gasteiger partial charge < -0.3 is 9.64 Å². The monoisotopic (exact) mass is 238 g/mol. The molecule has 4 nitrogen and oxygen atoms in total.